The summed E-state index contributed by atoms with van der Waals surface area (Å²) < 4.78 is 10.4. The molecule has 1 atom stereocenters. The van der Waals surface area contributed by atoms with E-state index in [4.69, 9.17) is 14.6 Å². The summed E-state index contributed by atoms with van der Waals surface area (Å²) in [6.07, 6.45) is 0.146. The van der Waals surface area contributed by atoms with Gasteiger partial charge in [0, 0.05) is 18.6 Å². The molecule has 21 heavy (non-hydrogen) atoms. The zero-order valence-electron chi connectivity index (χ0n) is 12.1. The maximum Gasteiger partial charge on any atom is 0.323 e. The fourth-order valence-corrected chi connectivity index (χ4v) is 1.59. The summed E-state index contributed by atoms with van der Waals surface area (Å²) in [7, 11) is 2.97. The maximum atomic E-state index is 11.1. The number of aliphatic carboxylic acids is 1. The Kier molecular flexibility index (Phi) is 5.48. The van der Waals surface area contributed by atoms with Crippen LogP contribution in [0.4, 0.5) is 5.69 Å². The van der Waals surface area contributed by atoms with Gasteiger partial charge in [-0.3, -0.25) is 14.9 Å². The molecule has 0 aliphatic rings. The molecule has 1 rings (SSSR count). The maximum absolute atomic E-state index is 11.1. The molecule has 0 radical (unpaired) electrons. The summed E-state index contributed by atoms with van der Waals surface area (Å²) >= 11 is 0. The predicted octanol–water partition coefficient (Wildman–Crippen LogP) is 1.43. The van der Waals surface area contributed by atoms with E-state index in [2.05, 4.69) is 5.32 Å². The molecule has 2 N–H and O–H groups in total. The monoisotopic (exact) mass is 298 g/mol. The number of hydrogen-bond acceptors (Lipinski definition) is 6. The Morgan fingerprint density at radius 1 is 1.52 bits per heavy atom. The minimum absolute atomic E-state index is 0.0116. The van der Waals surface area contributed by atoms with E-state index in [9.17, 15) is 14.9 Å². The average Bonchev–Trinajstić information content (AvgIpc) is 2.46. The van der Waals surface area contributed by atoms with E-state index in [-0.39, 0.29) is 24.5 Å². The Morgan fingerprint density at radius 2 is 2.19 bits per heavy atom. The van der Waals surface area contributed by atoms with Crippen LogP contribution in [0.3, 0.4) is 0 Å². The fourth-order valence-electron chi connectivity index (χ4n) is 1.59. The van der Waals surface area contributed by atoms with Gasteiger partial charge in [0.15, 0.2) is 0 Å². The Morgan fingerprint density at radius 3 is 2.67 bits per heavy atom. The first-order valence-electron chi connectivity index (χ1n) is 6.21. The van der Waals surface area contributed by atoms with Crippen LogP contribution in [0.25, 0.3) is 0 Å². The van der Waals surface area contributed by atoms with Gasteiger partial charge in [-0.25, -0.2) is 0 Å². The van der Waals surface area contributed by atoms with Gasteiger partial charge in [0.2, 0.25) is 5.75 Å². The van der Waals surface area contributed by atoms with Gasteiger partial charge in [-0.15, -0.1) is 0 Å². The number of rotatable bonds is 8. The molecule has 0 saturated heterocycles. The summed E-state index contributed by atoms with van der Waals surface area (Å²) in [6.45, 7) is 1.52. The molecule has 8 heteroatoms. The van der Waals surface area contributed by atoms with Crippen molar-refractivity contribution >= 4 is 11.7 Å². The van der Waals surface area contributed by atoms with Gasteiger partial charge in [-0.2, -0.15) is 0 Å². The van der Waals surface area contributed by atoms with Gasteiger partial charge in [-0.1, -0.05) is 0 Å². The van der Waals surface area contributed by atoms with Crippen molar-refractivity contribution in [1.29, 1.82) is 0 Å². The molecule has 0 saturated carbocycles. The number of likely N-dealkylation sites (N-methyl/N-ethyl adjacent to an activating group) is 1. The van der Waals surface area contributed by atoms with Gasteiger partial charge < -0.3 is 19.9 Å². The highest BCUT2D eigenvalue weighted by molar-refractivity contribution is 5.78. The number of carbonyl (C=O) groups is 1. The highest BCUT2D eigenvalue weighted by atomic mass is 16.6. The van der Waals surface area contributed by atoms with Gasteiger partial charge >= 0.3 is 11.7 Å². The van der Waals surface area contributed by atoms with E-state index in [1.54, 1.807) is 0 Å². The van der Waals surface area contributed by atoms with Gasteiger partial charge in [0.05, 0.1) is 18.6 Å². The predicted molar refractivity (Wildman–Crippen MR) is 74.9 cm³/mol. The molecule has 0 heterocycles. The third-order valence-electron chi connectivity index (χ3n) is 3.25. The van der Waals surface area contributed by atoms with E-state index in [0.717, 1.165) is 0 Å². The van der Waals surface area contributed by atoms with Crippen LogP contribution in [0.2, 0.25) is 0 Å². The lowest BCUT2D eigenvalue weighted by atomic mass is 9.99. The minimum atomic E-state index is -1.16. The first-order chi connectivity index (χ1) is 9.84. The number of nitro benzene ring substituents is 1. The molecular weight excluding hydrogens is 280 g/mol. The second kappa shape index (κ2) is 6.89. The van der Waals surface area contributed by atoms with Crippen LogP contribution in [0.5, 0.6) is 11.5 Å². The quantitative estimate of drug-likeness (QED) is 0.551. The Hall–Kier alpha value is -2.35. The van der Waals surface area contributed by atoms with Crippen LogP contribution in [0.1, 0.15) is 13.3 Å². The Bertz CT molecular complexity index is 533. The molecular formula is C13H18N2O6. The number of nitrogens with one attached hydrogen (secondary N) is 1. The van der Waals surface area contributed by atoms with Crippen LogP contribution < -0.4 is 14.8 Å². The lowest BCUT2D eigenvalue weighted by Crippen LogP contribution is -2.48. The van der Waals surface area contributed by atoms with Crippen LogP contribution in [0.15, 0.2) is 18.2 Å². The summed E-state index contributed by atoms with van der Waals surface area (Å²) in [5.41, 5.74) is -1.36. The van der Waals surface area contributed by atoms with Crippen molar-refractivity contribution < 1.29 is 24.3 Å². The lowest BCUT2D eigenvalue weighted by molar-refractivity contribution is -0.385. The van der Waals surface area contributed by atoms with Crippen LogP contribution >= 0.6 is 0 Å². The smallest absolute Gasteiger partial charge is 0.323 e. The van der Waals surface area contributed by atoms with Crippen molar-refractivity contribution in [3.8, 4) is 11.5 Å². The number of ether oxygens (including phenoxy) is 2. The largest absolute Gasteiger partial charge is 0.497 e. The molecule has 8 nitrogen and oxygen atoms in total. The first kappa shape index (κ1) is 16.7. The molecule has 0 bridgehead atoms. The third-order valence-corrected chi connectivity index (χ3v) is 3.25. The zero-order chi connectivity index (χ0) is 16.0. The van der Waals surface area contributed by atoms with Crippen molar-refractivity contribution in [2.75, 3.05) is 20.8 Å². The first-order valence-corrected chi connectivity index (χ1v) is 6.21. The molecule has 1 aromatic rings. The Balaban J connectivity index is 2.83. The molecule has 0 spiro atoms. The standard InChI is InChI=1S/C13H18N2O6/c1-13(14-2,12(16)17)6-7-21-11-8-9(20-3)4-5-10(11)15(18)19/h4-5,8,14H,6-7H2,1-3H3,(H,16,17). The number of methoxy groups -OCH3 is 1. The van der Waals surface area contributed by atoms with Gasteiger partial charge in [-0.05, 0) is 20.0 Å². The fraction of sp³-hybridized carbons (Fsp3) is 0.462. The number of nitro groups is 1. The van der Waals surface area contributed by atoms with Crippen LogP contribution in [-0.2, 0) is 4.79 Å². The molecule has 1 aromatic carbocycles. The molecule has 0 aromatic heterocycles. The second-order valence-electron chi connectivity index (χ2n) is 4.58. The second-order valence-corrected chi connectivity index (χ2v) is 4.58. The van der Waals surface area contributed by atoms with Crippen molar-refractivity contribution in [2.24, 2.45) is 0 Å². The summed E-state index contributed by atoms with van der Waals surface area (Å²) in [5.74, 6) is -0.554. The average molecular weight is 298 g/mol. The van der Waals surface area contributed by atoms with Crippen LogP contribution in [0, 0.1) is 10.1 Å². The van der Waals surface area contributed by atoms with Crippen molar-refractivity contribution in [1.82, 2.24) is 5.32 Å². The highest BCUT2D eigenvalue weighted by Crippen LogP contribution is 2.31. The number of carboxylic acid groups (broad SMARTS) is 1. The topological polar surface area (TPSA) is 111 Å². The molecule has 116 valence electrons. The lowest BCUT2D eigenvalue weighted by Gasteiger charge is -2.23. The zero-order valence-corrected chi connectivity index (χ0v) is 12.1. The SMILES string of the molecule is CNC(C)(CCOc1cc(OC)ccc1[N+](=O)[O-])C(=O)O. The van der Waals surface area contributed by atoms with Crippen molar-refractivity contribution in [2.45, 2.75) is 18.9 Å². The van der Waals surface area contributed by atoms with E-state index in [1.807, 2.05) is 0 Å². The van der Waals surface area contributed by atoms with Crippen LogP contribution in [-0.4, -0.2) is 42.3 Å². The minimum Gasteiger partial charge on any atom is -0.497 e. The van der Waals surface area contributed by atoms with Gasteiger partial charge in [0.1, 0.15) is 11.3 Å². The summed E-state index contributed by atoms with van der Waals surface area (Å²) in [6, 6.07) is 4.14. The molecule has 0 aliphatic heterocycles. The number of nitrogens with zero attached hydrogens (tertiary/aromatic N) is 1. The molecule has 0 fully saturated rings. The third kappa shape index (κ3) is 4.06. The van der Waals surface area contributed by atoms with Gasteiger partial charge in [0.25, 0.3) is 0 Å². The number of carboxylic acids is 1. The van der Waals surface area contributed by atoms with Crippen molar-refractivity contribution in [3.05, 3.63) is 28.3 Å². The highest BCUT2D eigenvalue weighted by Gasteiger charge is 2.31. The van der Waals surface area contributed by atoms with Crippen molar-refractivity contribution in [3.63, 3.8) is 0 Å². The molecule has 0 amide bonds. The van der Waals surface area contributed by atoms with E-state index < -0.39 is 16.4 Å². The molecule has 1 unspecified atom stereocenters. The summed E-state index contributed by atoms with van der Waals surface area (Å²) in [5, 5.41) is 22.7. The number of benzene rings is 1. The normalized spacial score (nSPS) is 13.3. The Labute approximate surface area is 121 Å². The van der Waals surface area contributed by atoms with E-state index in [1.165, 1.54) is 39.3 Å². The van der Waals surface area contributed by atoms with E-state index >= 15 is 0 Å². The van der Waals surface area contributed by atoms with E-state index in [0.29, 0.717) is 5.75 Å². The number of hydrogen-bond donors (Lipinski definition) is 2. The molecule has 0 aliphatic carbocycles. The summed E-state index contributed by atoms with van der Waals surface area (Å²) in [4.78, 5) is 21.5.